The lowest BCUT2D eigenvalue weighted by Crippen LogP contribution is -2.16. The smallest absolute Gasteiger partial charge is 0.350 e. The molecular formula is C8H8O4. The fourth-order valence-electron chi connectivity index (χ4n) is 0.848. The molecule has 0 atom stereocenters. The standard InChI is InChI=1S/C8H8O4/c1-5-3-4-12-8(10)6(5)7(9)11-2/h3-4H,1-2H3. The molecule has 0 amide bonds. The Kier molecular flexibility index (Phi) is 2.28. The van der Waals surface area contributed by atoms with Crippen LogP contribution in [0, 0.1) is 6.92 Å². The molecule has 0 fully saturated rings. The average Bonchev–Trinajstić information content (AvgIpc) is 2.03. The van der Waals surface area contributed by atoms with Crippen LogP contribution in [-0.2, 0) is 4.74 Å². The summed E-state index contributed by atoms with van der Waals surface area (Å²) in [7, 11) is 1.22. The van der Waals surface area contributed by atoms with E-state index in [0.29, 0.717) is 5.56 Å². The zero-order chi connectivity index (χ0) is 9.14. The first-order valence-electron chi connectivity index (χ1n) is 3.33. The second-order valence-corrected chi connectivity index (χ2v) is 2.26. The quantitative estimate of drug-likeness (QED) is 0.580. The van der Waals surface area contributed by atoms with E-state index < -0.39 is 11.6 Å². The Labute approximate surface area is 68.8 Å². The van der Waals surface area contributed by atoms with Crippen LogP contribution in [0.1, 0.15) is 15.9 Å². The molecular weight excluding hydrogens is 160 g/mol. The van der Waals surface area contributed by atoms with E-state index in [-0.39, 0.29) is 5.56 Å². The molecule has 64 valence electrons. The molecule has 0 aromatic carbocycles. The van der Waals surface area contributed by atoms with Crippen LogP contribution in [0.3, 0.4) is 0 Å². The first-order valence-corrected chi connectivity index (χ1v) is 3.33. The molecule has 1 rings (SSSR count). The zero-order valence-corrected chi connectivity index (χ0v) is 6.79. The monoisotopic (exact) mass is 168 g/mol. The molecule has 0 unspecified atom stereocenters. The van der Waals surface area contributed by atoms with Crippen molar-refractivity contribution in [3.8, 4) is 0 Å². The SMILES string of the molecule is COC(=O)c1c(C)ccoc1=O. The third-order valence-electron chi connectivity index (χ3n) is 1.48. The second-order valence-electron chi connectivity index (χ2n) is 2.26. The predicted octanol–water partition coefficient (Wildman–Crippen LogP) is 0.735. The van der Waals surface area contributed by atoms with E-state index in [9.17, 15) is 9.59 Å². The predicted molar refractivity (Wildman–Crippen MR) is 41.1 cm³/mol. The van der Waals surface area contributed by atoms with Crippen molar-refractivity contribution in [3.63, 3.8) is 0 Å². The van der Waals surface area contributed by atoms with Crippen LogP contribution in [0.4, 0.5) is 0 Å². The number of carbonyl (C=O) groups is 1. The van der Waals surface area contributed by atoms with E-state index in [1.807, 2.05) is 0 Å². The summed E-state index contributed by atoms with van der Waals surface area (Å²) in [5.74, 6) is -0.665. The van der Waals surface area contributed by atoms with Crippen molar-refractivity contribution in [2.45, 2.75) is 6.92 Å². The highest BCUT2D eigenvalue weighted by molar-refractivity contribution is 5.90. The van der Waals surface area contributed by atoms with Gasteiger partial charge in [-0.15, -0.1) is 0 Å². The van der Waals surface area contributed by atoms with E-state index in [4.69, 9.17) is 0 Å². The Morgan fingerprint density at radius 3 is 2.75 bits per heavy atom. The van der Waals surface area contributed by atoms with Crippen molar-refractivity contribution in [1.29, 1.82) is 0 Å². The summed E-state index contributed by atoms with van der Waals surface area (Å²) in [4.78, 5) is 21.9. The van der Waals surface area contributed by atoms with Gasteiger partial charge in [0.1, 0.15) is 5.56 Å². The Balaban J connectivity index is 3.31. The molecule has 0 radical (unpaired) electrons. The number of hydrogen-bond acceptors (Lipinski definition) is 4. The fourth-order valence-corrected chi connectivity index (χ4v) is 0.848. The molecule has 0 saturated carbocycles. The van der Waals surface area contributed by atoms with Crippen LogP contribution in [0.2, 0.25) is 0 Å². The van der Waals surface area contributed by atoms with Gasteiger partial charge >= 0.3 is 11.6 Å². The molecule has 0 aliphatic carbocycles. The number of carbonyl (C=O) groups excluding carboxylic acids is 1. The summed E-state index contributed by atoms with van der Waals surface area (Å²) in [6, 6.07) is 1.54. The van der Waals surface area contributed by atoms with E-state index in [1.165, 1.54) is 19.4 Å². The highest BCUT2D eigenvalue weighted by Crippen LogP contribution is 2.02. The van der Waals surface area contributed by atoms with Crippen LogP contribution in [0.5, 0.6) is 0 Å². The number of hydrogen-bond donors (Lipinski definition) is 0. The van der Waals surface area contributed by atoms with Gasteiger partial charge in [-0.05, 0) is 18.6 Å². The molecule has 4 nitrogen and oxygen atoms in total. The van der Waals surface area contributed by atoms with Gasteiger partial charge in [-0.25, -0.2) is 9.59 Å². The Hall–Kier alpha value is -1.58. The summed E-state index contributed by atoms with van der Waals surface area (Å²) >= 11 is 0. The first kappa shape index (κ1) is 8.52. The second kappa shape index (κ2) is 3.21. The molecule has 12 heavy (non-hydrogen) atoms. The van der Waals surface area contributed by atoms with Gasteiger partial charge in [0.05, 0.1) is 13.4 Å². The van der Waals surface area contributed by atoms with Gasteiger partial charge in [-0.2, -0.15) is 0 Å². The summed E-state index contributed by atoms with van der Waals surface area (Å²) in [5.41, 5.74) is -0.153. The number of esters is 1. The number of methoxy groups -OCH3 is 1. The zero-order valence-electron chi connectivity index (χ0n) is 6.79. The summed E-state index contributed by atoms with van der Waals surface area (Å²) in [5, 5.41) is 0. The van der Waals surface area contributed by atoms with Gasteiger partial charge in [0.15, 0.2) is 0 Å². The minimum atomic E-state index is -0.665. The number of ether oxygens (including phenoxy) is 1. The van der Waals surface area contributed by atoms with Gasteiger partial charge in [0.2, 0.25) is 0 Å². The largest absolute Gasteiger partial charge is 0.465 e. The molecule has 1 heterocycles. The fraction of sp³-hybridized carbons (Fsp3) is 0.250. The van der Waals surface area contributed by atoms with Crippen molar-refractivity contribution in [3.05, 3.63) is 33.9 Å². The van der Waals surface area contributed by atoms with Crippen LogP contribution in [0.25, 0.3) is 0 Å². The average molecular weight is 168 g/mol. The van der Waals surface area contributed by atoms with Gasteiger partial charge < -0.3 is 9.15 Å². The Morgan fingerprint density at radius 1 is 1.58 bits per heavy atom. The Bertz CT molecular complexity index is 350. The minimum Gasteiger partial charge on any atom is -0.465 e. The first-order chi connectivity index (χ1) is 5.66. The van der Waals surface area contributed by atoms with E-state index in [0.717, 1.165) is 0 Å². The number of aryl methyl sites for hydroxylation is 1. The molecule has 4 heteroatoms. The summed E-state index contributed by atoms with van der Waals surface area (Å²) < 4.78 is 8.90. The van der Waals surface area contributed by atoms with E-state index in [2.05, 4.69) is 9.15 Å². The maximum Gasteiger partial charge on any atom is 0.350 e. The highest BCUT2D eigenvalue weighted by atomic mass is 16.5. The van der Waals surface area contributed by atoms with Gasteiger partial charge in [-0.3, -0.25) is 0 Å². The normalized spacial score (nSPS) is 9.50. The summed E-state index contributed by atoms with van der Waals surface area (Å²) in [6.07, 6.45) is 1.24. The number of rotatable bonds is 1. The third kappa shape index (κ3) is 1.37. The minimum absolute atomic E-state index is 0.0417. The topological polar surface area (TPSA) is 56.5 Å². The van der Waals surface area contributed by atoms with Crippen molar-refractivity contribution >= 4 is 5.97 Å². The molecule has 0 saturated heterocycles. The molecule has 0 N–H and O–H groups in total. The molecule has 0 bridgehead atoms. The molecule has 0 aliphatic rings. The van der Waals surface area contributed by atoms with Crippen LogP contribution < -0.4 is 5.63 Å². The lowest BCUT2D eigenvalue weighted by Gasteiger charge is -1.99. The van der Waals surface area contributed by atoms with Gasteiger partial charge in [-0.1, -0.05) is 0 Å². The highest BCUT2D eigenvalue weighted by Gasteiger charge is 2.14. The lowest BCUT2D eigenvalue weighted by molar-refractivity contribution is 0.0594. The molecule has 1 aromatic rings. The maximum absolute atomic E-state index is 11.0. The van der Waals surface area contributed by atoms with Gasteiger partial charge in [0.25, 0.3) is 0 Å². The lowest BCUT2D eigenvalue weighted by atomic mass is 10.2. The maximum atomic E-state index is 11.0. The van der Waals surface area contributed by atoms with Crippen LogP contribution in [-0.4, -0.2) is 13.1 Å². The molecule has 0 aliphatic heterocycles. The van der Waals surface area contributed by atoms with Crippen molar-refractivity contribution in [1.82, 2.24) is 0 Å². The Morgan fingerprint density at radius 2 is 2.25 bits per heavy atom. The van der Waals surface area contributed by atoms with Gasteiger partial charge in [0, 0.05) is 0 Å². The van der Waals surface area contributed by atoms with E-state index in [1.54, 1.807) is 6.92 Å². The van der Waals surface area contributed by atoms with E-state index >= 15 is 0 Å². The summed E-state index contributed by atoms with van der Waals surface area (Å²) in [6.45, 7) is 1.64. The van der Waals surface area contributed by atoms with Crippen LogP contribution in [0.15, 0.2) is 21.5 Å². The van der Waals surface area contributed by atoms with Crippen molar-refractivity contribution in [2.24, 2.45) is 0 Å². The molecule has 1 aromatic heterocycles. The van der Waals surface area contributed by atoms with Crippen molar-refractivity contribution in [2.75, 3.05) is 7.11 Å². The van der Waals surface area contributed by atoms with Crippen LogP contribution >= 0.6 is 0 Å². The molecule has 0 spiro atoms. The van der Waals surface area contributed by atoms with Crippen molar-refractivity contribution < 1.29 is 13.9 Å². The third-order valence-corrected chi connectivity index (χ3v) is 1.48.